The minimum atomic E-state index is -1.13. The van der Waals surface area contributed by atoms with Crippen LogP contribution in [0, 0.1) is 0 Å². The van der Waals surface area contributed by atoms with Gasteiger partial charge in [-0.25, -0.2) is 0 Å². The van der Waals surface area contributed by atoms with Gasteiger partial charge in [0.05, 0.1) is 40.3 Å². The fourth-order valence-corrected chi connectivity index (χ4v) is 5.68. The summed E-state index contributed by atoms with van der Waals surface area (Å²) >= 11 is 0. The summed E-state index contributed by atoms with van der Waals surface area (Å²) in [5, 5.41) is 11.6. The van der Waals surface area contributed by atoms with E-state index in [4.69, 9.17) is 14.2 Å². The lowest BCUT2D eigenvalue weighted by Crippen LogP contribution is -2.55. The van der Waals surface area contributed by atoms with E-state index in [1.54, 1.807) is 21.1 Å². The molecular weight excluding hydrogens is 630 g/mol. The molecule has 0 N–H and O–H groups in total. The van der Waals surface area contributed by atoms with Gasteiger partial charge < -0.3 is 28.6 Å². The first-order valence-corrected chi connectivity index (χ1v) is 20.0. The highest BCUT2D eigenvalue weighted by Gasteiger charge is 2.25. The Balaban J connectivity index is 4.41. The molecule has 0 aliphatic heterocycles. The molecule has 8 heteroatoms. The standard InChI is InChI=1S/C42H75NO7/c1-6-8-10-12-14-16-18-19-20-21-23-24-26-28-30-32-40(44)49-37-38(36-48-35-34-39(42(46)47)43(3,4)5)50-41(45)33-31-29-27-25-22-17-15-13-11-9-7-2/h9,11,15,17,25,27,38-39H,6-8,10,12-14,16,18-24,26,28-37H2,1-5H3/b11-9+,17-15+,27-25+. The molecule has 0 bridgehead atoms. The van der Waals surface area contributed by atoms with Gasteiger partial charge in [-0.1, -0.05) is 140 Å². The number of nitrogens with zero attached hydrogens (tertiary/aromatic N) is 1. The molecule has 0 aromatic carbocycles. The van der Waals surface area contributed by atoms with E-state index < -0.39 is 18.1 Å². The number of esters is 2. The van der Waals surface area contributed by atoms with Gasteiger partial charge in [-0.3, -0.25) is 9.59 Å². The Hall–Kier alpha value is -2.45. The molecule has 0 rings (SSSR count). The van der Waals surface area contributed by atoms with E-state index >= 15 is 0 Å². The van der Waals surface area contributed by atoms with Crippen LogP contribution in [-0.4, -0.2) is 75.5 Å². The van der Waals surface area contributed by atoms with Crippen molar-refractivity contribution in [2.45, 2.75) is 174 Å². The molecule has 0 fully saturated rings. The molecule has 8 nitrogen and oxygen atoms in total. The van der Waals surface area contributed by atoms with Crippen molar-refractivity contribution < 1.29 is 38.2 Å². The molecule has 0 spiro atoms. The van der Waals surface area contributed by atoms with Crippen LogP contribution < -0.4 is 5.11 Å². The predicted octanol–water partition coefficient (Wildman–Crippen LogP) is 8.96. The second-order valence-corrected chi connectivity index (χ2v) is 14.5. The van der Waals surface area contributed by atoms with Gasteiger partial charge in [-0.05, 0) is 38.5 Å². The van der Waals surface area contributed by atoms with Crippen molar-refractivity contribution in [3.8, 4) is 0 Å². The van der Waals surface area contributed by atoms with Crippen LogP contribution in [0.5, 0.6) is 0 Å². The molecule has 0 aromatic rings. The molecular formula is C42H75NO7. The lowest BCUT2D eigenvalue weighted by molar-refractivity contribution is -0.889. The Morgan fingerprint density at radius 2 is 1.12 bits per heavy atom. The van der Waals surface area contributed by atoms with Crippen molar-refractivity contribution in [2.24, 2.45) is 0 Å². The van der Waals surface area contributed by atoms with E-state index in [1.165, 1.54) is 77.0 Å². The SMILES string of the molecule is CC/C=C/C/C=C/C/C=C/CCCC(=O)OC(COCCC(C(=O)[O-])[N+](C)(C)C)COC(=O)CCCCCCCCCCCCCCCCC. The number of unbranched alkanes of at least 4 members (excludes halogenated alkanes) is 15. The Kier molecular flexibility index (Phi) is 32.0. The maximum absolute atomic E-state index is 12.6. The van der Waals surface area contributed by atoms with Crippen molar-refractivity contribution in [1.29, 1.82) is 0 Å². The maximum atomic E-state index is 12.6. The van der Waals surface area contributed by atoms with Crippen molar-refractivity contribution in [3.05, 3.63) is 36.5 Å². The topological polar surface area (TPSA) is 102 Å². The number of carbonyl (C=O) groups is 3. The van der Waals surface area contributed by atoms with Gasteiger partial charge in [0.25, 0.3) is 0 Å². The van der Waals surface area contributed by atoms with Gasteiger partial charge in [0.15, 0.2) is 6.10 Å². The quantitative estimate of drug-likeness (QED) is 0.0281. The molecule has 0 aromatic heterocycles. The van der Waals surface area contributed by atoms with Crippen molar-refractivity contribution in [2.75, 3.05) is 41.0 Å². The molecule has 0 radical (unpaired) electrons. The number of ether oxygens (including phenoxy) is 3. The van der Waals surface area contributed by atoms with Gasteiger partial charge in [-0.15, -0.1) is 0 Å². The van der Waals surface area contributed by atoms with E-state index in [1.807, 2.05) is 0 Å². The van der Waals surface area contributed by atoms with E-state index in [9.17, 15) is 19.5 Å². The zero-order chi connectivity index (χ0) is 37.1. The van der Waals surface area contributed by atoms with Crippen LogP contribution in [0.2, 0.25) is 0 Å². The number of quaternary nitrogens is 1. The van der Waals surface area contributed by atoms with Crippen LogP contribution in [0.3, 0.4) is 0 Å². The van der Waals surface area contributed by atoms with Crippen LogP contribution in [0.15, 0.2) is 36.5 Å². The molecule has 0 aliphatic rings. The third-order valence-electron chi connectivity index (χ3n) is 8.79. The number of aliphatic carboxylic acids is 1. The van der Waals surface area contributed by atoms with Gasteiger partial charge in [0.1, 0.15) is 12.6 Å². The van der Waals surface area contributed by atoms with E-state index in [2.05, 4.69) is 50.3 Å². The molecule has 0 heterocycles. The summed E-state index contributed by atoms with van der Waals surface area (Å²) < 4.78 is 17.0. The number of carboxylic acid groups (broad SMARTS) is 1. The number of rotatable bonds is 35. The van der Waals surface area contributed by atoms with Crippen LogP contribution in [-0.2, 0) is 28.6 Å². The smallest absolute Gasteiger partial charge is 0.306 e. The number of hydrogen-bond acceptors (Lipinski definition) is 7. The Morgan fingerprint density at radius 1 is 0.620 bits per heavy atom. The third-order valence-corrected chi connectivity index (χ3v) is 8.79. The predicted molar refractivity (Wildman–Crippen MR) is 203 cm³/mol. The Bertz CT molecular complexity index is 922. The monoisotopic (exact) mass is 706 g/mol. The van der Waals surface area contributed by atoms with Crippen LogP contribution in [0.4, 0.5) is 0 Å². The summed E-state index contributed by atoms with van der Waals surface area (Å²) in [6.07, 6.45) is 36.1. The van der Waals surface area contributed by atoms with E-state index in [0.29, 0.717) is 12.8 Å². The minimum Gasteiger partial charge on any atom is -0.544 e. The lowest BCUT2D eigenvalue weighted by atomic mass is 10.0. The Labute approximate surface area is 306 Å². The van der Waals surface area contributed by atoms with Crippen LogP contribution >= 0.6 is 0 Å². The zero-order valence-corrected chi connectivity index (χ0v) is 32.8. The summed E-state index contributed by atoms with van der Waals surface area (Å²) in [5.41, 5.74) is 0. The van der Waals surface area contributed by atoms with Gasteiger partial charge >= 0.3 is 11.9 Å². The van der Waals surface area contributed by atoms with Crippen LogP contribution in [0.25, 0.3) is 0 Å². The lowest BCUT2D eigenvalue weighted by Gasteiger charge is -2.34. The number of carbonyl (C=O) groups excluding carboxylic acids is 3. The minimum absolute atomic E-state index is 0.0224. The summed E-state index contributed by atoms with van der Waals surface area (Å²) in [6, 6.07) is -0.731. The summed E-state index contributed by atoms with van der Waals surface area (Å²) in [5.74, 6) is -1.80. The maximum Gasteiger partial charge on any atom is 0.306 e. The molecule has 0 aliphatic carbocycles. The highest BCUT2D eigenvalue weighted by atomic mass is 16.6. The second kappa shape index (κ2) is 33.7. The number of carboxylic acids is 1. The number of likely N-dealkylation sites (N-methyl/N-ethyl adjacent to an activating group) is 1. The van der Waals surface area contributed by atoms with Crippen molar-refractivity contribution in [1.82, 2.24) is 0 Å². The molecule has 0 saturated heterocycles. The fourth-order valence-electron chi connectivity index (χ4n) is 5.68. The second-order valence-electron chi connectivity index (χ2n) is 14.5. The van der Waals surface area contributed by atoms with Crippen LogP contribution in [0.1, 0.15) is 162 Å². The fraction of sp³-hybridized carbons (Fsp3) is 0.786. The van der Waals surface area contributed by atoms with Crippen molar-refractivity contribution in [3.63, 3.8) is 0 Å². The van der Waals surface area contributed by atoms with Crippen molar-refractivity contribution >= 4 is 17.9 Å². The molecule has 2 atom stereocenters. The third kappa shape index (κ3) is 31.5. The number of allylic oxidation sites excluding steroid dienone is 6. The average Bonchev–Trinajstić information content (AvgIpc) is 3.06. The van der Waals surface area contributed by atoms with E-state index in [0.717, 1.165) is 44.9 Å². The summed E-state index contributed by atoms with van der Waals surface area (Å²) in [7, 11) is 5.38. The zero-order valence-electron chi connectivity index (χ0n) is 32.8. The van der Waals surface area contributed by atoms with Gasteiger partial charge in [0.2, 0.25) is 0 Å². The normalized spacial score (nSPS) is 13.4. The molecule has 290 valence electrons. The first kappa shape index (κ1) is 47.5. The van der Waals surface area contributed by atoms with E-state index in [-0.39, 0.29) is 49.1 Å². The Morgan fingerprint density at radius 3 is 1.64 bits per heavy atom. The first-order chi connectivity index (χ1) is 24.1. The molecule has 50 heavy (non-hydrogen) atoms. The largest absolute Gasteiger partial charge is 0.544 e. The average molecular weight is 706 g/mol. The molecule has 0 amide bonds. The summed E-state index contributed by atoms with van der Waals surface area (Å²) in [6.45, 7) is 4.48. The highest BCUT2D eigenvalue weighted by Crippen LogP contribution is 2.14. The molecule has 0 saturated carbocycles. The molecule has 2 unspecified atom stereocenters. The van der Waals surface area contributed by atoms with Gasteiger partial charge in [-0.2, -0.15) is 0 Å². The number of hydrogen-bond donors (Lipinski definition) is 0. The first-order valence-electron chi connectivity index (χ1n) is 20.0. The highest BCUT2D eigenvalue weighted by molar-refractivity contribution is 5.70. The summed E-state index contributed by atoms with van der Waals surface area (Å²) in [4.78, 5) is 36.6. The van der Waals surface area contributed by atoms with Gasteiger partial charge in [0, 0.05) is 19.3 Å².